The predicted molar refractivity (Wildman–Crippen MR) is 93.2 cm³/mol. The van der Waals surface area contributed by atoms with E-state index < -0.39 is 12.1 Å². The Morgan fingerprint density at radius 2 is 1.83 bits per heavy atom. The smallest absolute Gasteiger partial charge is 0.306 e. The molecule has 1 atom stereocenters. The average Bonchev–Trinajstić information content (AvgIpc) is 2.58. The molecule has 24 heavy (non-hydrogen) atoms. The van der Waals surface area contributed by atoms with Gasteiger partial charge >= 0.3 is 5.97 Å². The second kappa shape index (κ2) is 9.08. The zero-order valence-corrected chi connectivity index (χ0v) is 14.2. The first-order valence-corrected chi connectivity index (χ1v) is 8.20. The van der Waals surface area contributed by atoms with Crippen LogP contribution in [0.5, 0.6) is 5.75 Å². The molecule has 0 aliphatic carbocycles. The summed E-state index contributed by atoms with van der Waals surface area (Å²) in [5.41, 5.74) is 3.20. The quantitative estimate of drug-likeness (QED) is 0.735. The van der Waals surface area contributed by atoms with Crippen LogP contribution in [-0.2, 0) is 16.1 Å². The third-order valence-electron chi connectivity index (χ3n) is 3.79. The highest BCUT2D eigenvalue weighted by Gasteiger charge is 2.16. The molecule has 2 aromatic carbocycles. The van der Waals surface area contributed by atoms with Gasteiger partial charge in [0, 0.05) is 6.61 Å². The number of ether oxygens (including phenoxy) is 2. The molecule has 1 N–H and O–H groups in total. The highest BCUT2D eigenvalue weighted by molar-refractivity contribution is 5.67. The Morgan fingerprint density at radius 3 is 2.46 bits per heavy atom. The van der Waals surface area contributed by atoms with Crippen LogP contribution in [0.3, 0.4) is 0 Å². The Labute approximate surface area is 143 Å². The molecule has 0 spiro atoms. The van der Waals surface area contributed by atoms with E-state index in [9.17, 15) is 4.79 Å². The summed E-state index contributed by atoms with van der Waals surface area (Å²) in [7, 11) is 0. The van der Waals surface area contributed by atoms with E-state index in [1.807, 2.05) is 49.4 Å². The van der Waals surface area contributed by atoms with Gasteiger partial charge in [-0.2, -0.15) is 0 Å². The van der Waals surface area contributed by atoms with Crippen LogP contribution in [0.25, 0.3) is 0 Å². The third-order valence-corrected chi connectivity index (χ3v) is 3.79. The molecule has 0 aliphatic rings. The molecule has 0 unspecified atom stereocenters. The zero-order chi connectivity index (χ0) is 17.4. The molecule has 2 rings (SSSR count). The maximum Gasteiger partial charge on any atom is 0.306 e. The molecule has 128 valence electrons. The fourth-order valence-corrected chi connectivity index (χ4v) is 2.40. The van der Waals surface area contributed by atoms with E-state index in [1.54, 1.807) is 0 Å². The maximum absolute atomic E-state index is 11.0. The lowest BCUT2D eigenvalue weighted by Crippen LogP contribution is -2.10. The average molecular weight is 328 g/mol. The normalized spacial score (nSPS) is 11.9. The highest BCUT2D eigenvalue weighted by Crippen LogP contribution is 2.24. The monoisotopic (exact) mass is 328 g/mol. The number of carboxylic acid groups (broad SMARTS) is 1. The Hall–Kier alpha value is -2.33. The molecule has 0 aliphatic heterocycles. The molecule has 0 bridgehead atoms. The minimum Gasteiger partial charge on any atom is -0.489 e. The van der Waals surface area contributed by atoms with Crippen molar-refractivity contribution in [1.29, 1.82) is 0 Å². The molecule has 0 saturated heterocycles. The van der Waals surface area contributed by atoms with Crippen molar-refractivity contribution in [3.63, 3.8) is 0 Å². The lowest BCUT2D eigenvalue weighted by Gasteiger charge is -2.17. The minimum atomic E-state index is -0.865. The first kappa shape index (κ1) is 18.0. The van der Waals surface area contributed by atoms with Gasteiger partial charge in [-0.25, -0.2) is 0 Å². The van der Waals surface area contributed by atoms with Crippen molar-refractivity contribution in [2.45, 2.75) is 39.4 Å². The van der Waals surface area contributed by atoms with Crippen LogP contribution < -0.4 is 4.74 Å². The molecule has 0 amide bonds. The van der Waals surface area contributed by atoms with E-state index in [-0.39, 0.29) is 6.42 Å². The van der Waals surface area contributed by atoms with Gasteiger partial charge < -0.3 is 14.6 Å². The van der Waals surface area contributed by atoms with E-state index in [0.29, 0.717) is 13.2 Å². The fourth-order valence-electron chi connectivity index (χ4n) is 2.40. The number of hydrogen-bond acceptors (Lipinski definition) is 3. The second-order valence-corrected chi connectivity index (χ2v) is 5.74. The van der Waals surface area contributed by atoms with Gasteiger partial charge in [0.25, 0.3) is 0 Å². The lowest BCUT2D eigenvalue weighted by atomic mass is 10.1. The summed E-state index contributed by atoms with van der Waals surface area (Å²) in [6.45, 7) is 5.12. The van der Waals surface area contributed by atoms with Crippen molar-refractivity contribution in [3.8, 4) is 5.75 Å². The number of aliphatic carboxylic acids is 1. The second-order valence-electron chi connectivity index (χ2n) is 5.74. The summed E-state index contributed by atoms with van der Waals surface area (Å²) in [6, 6.07) is 15.6. The van der Waals surface area contributed by atoms with E-state index in [0.717, 1.165) is 23.3 Å². The van der Waals surface area contributed by atoms with Crippen molar-refractivity contribution in [2.75, 3.05) is 6.61 Å². The summed E-state index contributed by atoms with van der Waals surface area (Å²) in [5.74, 6) is -0.109. The Kier molecular flexibility index (Phi) is 6.82. The van der Waals surface area contributed by atoms with Crippen molar-refractivity contribution in [3.05, 3.63) is 65.2 Å². The summed E-state index contributed by atoms with van der Waals surface area (Å²) >= 11 is 0. The number of carbonyl (C=O) groups is 1. The van der Waals surface area contributed by atoms with Gasteiger partial charge in [0.15, 0.2) is 0 Å². The van der Waals surface area contributed by atoms with Crippen LogP contribution in [-0.4, -0.2) is 17.7 Å². The van der Waals surface area contributed by atoms with Crippen LogP contribution in [0.4, 0.5) is 0 Å². The van der Waals surface area contributed by atoms with Crippen LogP contribution in [0, 0.1) is 6.92 Å². The van der Waals surface area contributed by atoms with Gasteiger partial charge in [-0.3, -0.25) is 4.79 Å². The van der Waals surface area contributed by atoms with Crippen LogP contribution in [0.1, 0.15) is 42.6 Å². The topological polar surface area (TPSA) is 55.8 Å². The molecule has 4 heteroatoms. The van der Waals surface area contributed by atoms with Gasteiger partial charge in [0.05, 0.1) is 12.5 Å². The fraction of sp³-hybridized carbons (Fsp3) is 0.350. The van der Waals surface area contributed by atoms with E-state index >= 15 is 0 Å². The minimum absolute atomic E-state index is 0.0383. The Morgan fingerprint density at radius 1 is 1.12 bits per heavy atom. The van der Waals surface area contributed by atoms with Gasteiger partial charge in [-0.1, -0.05) is 43.3 Å². The van der Waals surface area contributed by atoms with Crippen molar-refractivity contribution >= 4 is 5.97 Å². The van der Waals surface area contributed by atoms with E-state index in [1.165, 1.54) is 5.56 Å². The SMILES string of the molecule is CCCO[C@@H](CC(=O)O)c1ccc(OCc2ccccc2C)cc1. The predicted octanol–water partition coefficient (Wildman–Crippen LogP) is 4.52. The van der Waals surface area contributed by atoms with E-state index in [4.69, 9.17) is 14.6 Å². The zero-order valence-electron chi connectivity index (χ0n) is 14.2. The van der Waals surface area contributed by atoms with Crippen molar-refractivity contribution in [2.24, 2.45) is 0 Å². The standard InChI is InChI=1S/C20H24O4/c1-3-12-23-19(13-20(21)22)16-8-10-18(11-9-16)24-14-17-7-5-4-6-15(17)2/h4-11,19H,3,12-14H2,1-2H3,(H,21,22)/t19-/m0/s1. The summed E-state index contributed by atoms with van der Waals surface area (Å²) < 4.78 is 11.5. The Balaban J connectivity index is 2.00. The molecule has 0 radical (unpaired) electrons. The maximum atomic E-state index is 11.0. The van der Waals surface area contributed by atoms with Crippen molar-refractivity contribution in [1.82, 2.24) is 0 Å². The molecular weight excluding hydrogens is 304 g/mol. The molecule has 0 aromatic heterocycles. The number of rotatable bonds is 9. The molecule has 0 fully saturated rings. The molecule has 4 nitrogen and oxygen atoms in total. The lowest BCUT2D eigenvalue weighted by molar-refractivity contribution is -0.140. The summed E-state index contributed by atoms with van der Waals surface area (Å²) in [5, 5.41) is 9.03. The van der Waals surface area contributed by atoms with Gasteiger partial charge in [0.1, 0.15) is 12.4 Å². The number of carboxylic acids is 1. The first-order valence-electron chi connectivity index (χ1n) is 8.20. The van der Waals surface area contributed by atoms with Crippen LogP contribution in [0.2, 0.25) is 0 Å². The molecule has 0 saturated carbocycles. The van der Waals surface area contributed by atoms with Gasteiger partial charge in [0.2, 0.25) is 0 Å². The molecular formula is C20H24O4. The first-order chi connectivity index (χ1) is 11.6. The number of benzene rings is 2. The van der Waals surface area contributed by atoms with E-state index in [2.05, 4.69) is 13.0 Å². The summed E-state index contributed by atoms with van der Waals surface area (Å²) in [6.07, 6.45) is 0.393. The third kappa shape index (κ3) is 5.39. The number of hydrogen-bond donors (Lipinski definition) is 1. The van der Waals surface area contributed by atoms with Gasteiger partial charge in [-0.15, -0.1) is 0 Å². The van der Waals surface area contributed by atoms with Crippen LogP contribution >= 0.6 is 0 Å². The molecule has 2 aromatic rings. The Bertz CT molecular complexity index is 649. The van der Waals surface area contributed by atoms with Gasteiger partial charge in [-0.05, 0) is 42.2 Å². The number of aryl methyl sites for hydroxylation is 1. The van der Waals surface area contributed by atoms with Crippen LogP contribution in [0.15, 0.2) is 48.5 Å². The van der Waals surface area contributed by atoms with Crippen molar-refractivity contribution < 1.29 is 19.4 Å². The highest BCUT2D eigenvalue weighted by atomic mass is 16.5. The summed E-state index contributed by atoms with van der Waals surface area (Å²) in [4.78, 5) is 11.0. The molecule has 0 heterocycles. The largest absolute Gasteiger partial charge is 0.489 e.